The van der Waals surface area contributed by atoms with Crippen molar-refractivity contribution in [2.45, 2.75) is 0 Å². The summed E-state index contributed by atoms with van der Waals surface area (Å²) in [5.41, 5.74) is 0.694. The van der Waals surface area contributed by atoms with E-state index in [2.05, 4.69) is 10.2 Å². The van der Waals surface area contributed by atoms with Crippen molar-refractivity contribution in [3.05, 3.63) is 28.8 Å². The molecule has 1 saturated heterocycles. The van der Waals surface area contributed by atoms with Crippen LogP contribution in [0.3, 0.4) is 0 Å². The van der Waals surface area contributed by atoms with Gasteiger partial charge in [0.1, 0.15) is 5.56 Å². The van der Waals surface area contributed by atoms with Crippen molar-refractivity contribution in [3.8, 4) is 0 Å². The van der Waals surface area contributed by atoms with Crippen LogP contribution in [-0.2, 0) is 4.74 Å². The van der Waals surface area contributed by atoms with E-state index >= 15 is 0 Å². The molecule has 0 spiro atoms. The summed E-state index contributed by atoms with van der Waals surface area (Å²) in [5.74, 6) is -1.01. The van der Waals surface area contributed by atoms with Gasteiger partial charge in [0.05, 0.1) is 23.9 Å². The van der Waals surface area contributed by atoms with Crippen molar-refractivity contribution >= 4 is 23.3 Å². The first-order valence-corrected chi connectivity index (χ1v) is 6.62. The molecule has 1 heterocycles. The molecule has 0 saturated carbocycles. The number of hydrogen-bond donors (Lipinski definition) is 2. The first kappa shape index (κ1) is 14.1. The van der Waals surface area contributed by atoms with E-state index in [4.69, 9.17) is 21.4 Å². The highest BCUT2D eigenvalue weighted by atomic mass is 35.5. The molecular weight excluding hydrogens is 268 g/mol. The highest BCUT2D eigenvalue weighted by Gasteiger charge is 2.14. The van der Waals surface area contributed by atoms with Crippen LogP contribution < -0.4 is 5.32 Å². The molecule has 0 amide bonds. The van der Waals surface area contributed by atoms with Gasteiger partial charge in [-0.3, -0.25) is 4.90 Å². The average Bonchev–Trinajstić information content (AvgIpc) is 2.39. The van der Waals surface area contributed by atoms with Crippen LogP contribution >= 0.6 is 11.6 Å². The van der Waals surface area contributed by atoms with Crippen LogP contribution in [0.15, 0.2) is 18.2 Å². The molecule has 2 N–H and O–H groups in total. The number of nitrogens with zero attached hydrogens (tertiary/aromatic N) is 1. The Morgan fingerprint density at radius 3 is 2.84 bits per heavy atom. The van der Waals surface area contributed by atoms with Gasteiger partial charge in [-0.25, -0.2) is 4.79 Å². The molecule has 0 bridgehead atoms. The van der Waals surface area contributed by atoms with E-state index in [0.29, 0.717) is 12.2 Å². The Balaban J connectivity index is 1.92. The Morgan fingerprint density at radius 2 is 2.16 bits per heavy atom. The number of aromatic carboxylic acids is 1. The summed E-state index contributed by atoms with van der Waals surface area (Å²) in [7, 11) is 0. The monoisotopic (exact) mass is 284 g/mol. The predicted octanol–water partition coefficient (Wildman–Crippen LogP) is 1.78. The molecule has 0 unspecified atom stereocenters. The van der Waals surface area contributed by atoms with Crippen LogP contribution in [0.25, 0.3) is 0 Å². The Morgan fingerprint density at radius 1 is 1.42 bits per heavy atom. The molecule has 0 aliphatic carbocycles. The van der Waals surface area contributed by atoms with E-state index in [1.54, 1.807) is 18.2 Å². The van der Waals surface area contributed by atoms with E-state index in [0.717, 1.165) is 32.8 Å². The van der Waals surface area contributed by atoms with E-state index in [1.165, 1.54) is 0 Å². The fourth-order valence-corrected chi connectivity index (χ4v) is 2.32. The lowest BCUT2D eigenvalue weighted by Gasteiger charge is -2.26. The van der Waals surface area contributed by atoms with E-state index in [1.807, 2.05) is 0 Å². The zero-order valence-corrected chi connectivity index (χ0v) is 11.3. The number of anilines is 1. The molecular formula is C13H17ClN2O3. The second kappa shape index (κ2) is 6.75. The Bertz CT molecular complexity index is 448. The number of carboxylic acid groups (broad SMARTS) is 1. The summed E-state index contributed by atoms with van der Waals surface area (Å²) in [4.78, 5) is 13.4. The quantitative estimate of drug-likeness (QED) is 0.863. The van der Waals surface area contributed by atoms with E-state index < -0.39 is 5.97 Å². The Hall–Kier alpha value is -1.30. The highest BCUT2D eigenvalue weighted by molar-refractivity contribution is 6.34. The van der Waals surface area contributed by atoms with Gasteiger partial charge in [-0.2, -0.15) is 0 Å². The molecule has 0 aromatic heterocycles. The van der Waals surface area contributed by atoms with E-state index in [9.17, 15) is 4.79 Å². The third kappa shape index (κ3) is 3.83. The minimum atomic E-state index is -1.01. The first-order chi connectivity index (χ1) is 9.18. The summed E-state index contributed by atoms with van der Waals surface area (Å²) < 4.78 is 5.27. The maximum Gasteiger partial charge on any atom is 0.339 e. The van der Waals surface area contributed by atoms with Crippen LogP contribution in [0.2, 0.25) is 5.02 Å². The van der Waals surface area contributed by atoms with Crippen LogP contribution in [0.1, 0.15) is 10.4 Å². The van der Waals surface area contributed by atoms with Crippen LogP contribution in [-0.4, -0.2) is 55.4 Å². The van der Waals surface area contributed by atoms with Crippen molar-refractivity contribution in [2.75, 3.05) is 44.7 Å². The fraction of sp³-hybridized carbons (Fsp3) is 0.462. The lowest BCUT2D eigenvalue weighted by atomic mass is 10.2. The Labute approximate surface area is 117 Å². The topological polar surface area (TPSA) is 61.8 Å². The van der Waals surface area contributed by atoms with Gasteiger partial charge in [0.15, 0.2) is 0 Å². The van der Waals surface area contributed by atoms with Crippen molar-refractivity contribution in [3.63, 3.8) is 0 Å². The smallest absolute Gasteiger partial charge is 0.339 e. The molecule has 0 atom stereocenters. The molecule has 19 heavy (non-hydrogen) atoms. The number of halogens is 1. The number of hydrogen-bond acceptors (Lipinski definition) is 4. The second-order valence-electron chi connectivity index (χ2n) is 4.35. The summed E-state index contributed by atoms with van der Waals surface area (Å²) in [6.07, 6.45) is 0. The van der Waals surface area contributed by atoms with Gasteiger partial charge >= 0.3 is 5.97 Å². The molecule has 1 aromatic carbocycles. The molecule has 1 fully saturated rings. The van der Waals surface area contributed by atoms with Crippen molar-refractivity contribution in [1.82, 2.24) is 4.90 Å². The zero-order chi connectivity index (χ0) is 13.7. The van der Waals surface area contributed by atoms with Crippen LogP contribution in [0.5, 0.6) is 0 Å². The van der Waals surface area contributed by atoms with Gasteiger partial charge in [-0.1, -0.05) is 17.7 Å². The second-order valence-corrected chi connectivity index (χ2v) is 4.76. The van der Waals surface area contributed by atoms with Crippen molar-refractivity contribution in [1.29, 1.82) is 0 Å². The fourth-order valence-electron chi connectivity index (χ4n) is 2.06. The van der Waals surface area contributed by atoms with Gasteiger partial charge in [0.2, 0.25) is 0 Å². The molecule has 5 nitrogen and oxygen atoms in total. The first-order valence-electron chi connectivity index (χ1n) is 6.24. The summed E-state index contributed by atoms with van der Waals surface area (Å²) >= 11 is 5.90. The van der Waals surface area contributed by atoms with Crippen molar-refractivity contribution < 1.29 is 14.6 Å². The molecule has 1 aliphatic rings. The maximum atomic E-state index is 11.2. The number of morpholine rings is 1. The largest absolute Gasteiger partial charge is 0.478 e. The molecule has 1 aromatic rings. The van der Waals surface area contributed by atoms with Gasteiger partial charge in [-0.15, -0.1) is 0 Å². The molecule has 0 radical (unpaired) electrons. The normalized spacial score (nSPS) is 16.3. The third-order valence-electron chi connectivity index (χ3n) is 3.07. The minimum Gasteiger partial charge on any atom is -0.478 e. The number of rotatable bonds is 5. The molecule has 104 valence electrons. The number of carboxylic acids is 1. The number of benzene rings is 1. The zero-order valence-electron chi connectivity index (χ0n) is 10.6. The standard InChI is InChI=1S/C13H17ClN2O3/c14-10-2-1-3-11(12(10)13(17)18)15-4-5-16-6-8-19-9-7-16/h1-3,15H,4-9H2,(H,17,18). The number of ether oxygens (including phenoxy) is 1. The average molecular weight is 285 g/mol. The lowest BCUT2D eigenvalue weighted by Crippen LogP contribution is -2.39. The Kier molecular flexibility index (Phi) is 5.01. The van der Waals surface area contributed by atoms with Gasteiger partial charge < -0.3 is 15.2 Å². The summed E-state index contributed by atoms with van der Waals surface area (Å²) in [6.45, 7) is 4.90. The highest BCUT2D eigenvalue weighted by Crippen LogP contribution is 2.24. The van der Waals surface area contributed by atoms with Crippen LogP contribution in [0.4, 0.5) is 5.69 Å². The number of nitrogens with one attached hydrogen (secondary N) is 1. The SMILES string of the molecule is O=C(O)c1c(Cl)cccc1NCCN1CCOCC1. The number of carbonyl (C=O) groups is 1. The lowest BCUT2D eigenvalue weighted by molar-refractivity contribution is 0.0398. The van der Waals surface area contributed by atoms with Gasteiger partial charge in [0.25, 0.3) is 0 Å². The minimum absolute atomic E-state index is 0.131. The maximum absolute atomic E-state index is 11.2. The van der Waals surface area contributed by atoms with Crippen molar-refractivity contribution in [2.24, 2.45) is 0 Å². The van der Waals surface area contributed by atoms with Crippen LogP contribution in [0, 0.1) is 0 Å². The predicted molar refractivity (Wildman–Crippen MR) is 74.2 cm³/mol. The summed E-state index contributed by atoms with van der Waals surface area (Å²) in [6, 6.07) is 5.05. The summed E-state index contributed by atoms with van der Waals surface area (Å²) in [5, 5.41) is 12.5. The molecule has 2 rings (SSSR count). The van der Waals surface area contributed by atoms with Gasteiger partial charge in [0, 0.05) is 26.2 Å². The molecule has 6 heteroatoms. The third-order valence-corrected chi connectivity index (χ3v) is 3.39. The molecule has 1 aliphatic heterocycles. The van der Waals surface area contributed by atoms with E-state index in [-0.39, 0.29) is 10.6 Å². The van der Waals surface area contributed by atoms with Gasteiger partial charge in [-0.05, 0) is 12.1 Å².